The Morgan fingerprint density at radius 1 is 1.00 bits per heavy atom. The highest BCUT2D eigenvalue weighted by Crippen LogP contribution is 2.25. The lowest BCUT2D eigenvalue weighted by Crippen LogP contribution is -2.46. The van der Waals surface area contributed by atoms with Gasteiger partial charge >= 0.3 is 0 Å². The van der Waals surface area contributed by atoms with Gasteiger partial charge in [-0.1, -0.05) is 12.1 Å². The number of benzene rings is 2. The monoisotopic (exact) mass is 458 g/mol. The van der Waals surface area contributed by atoms with Crippen molar-refractivity contribution in [2.75, 3.05) is 43.0 Å². The molecule has 8 nitrogen and oxygen atoms in total. The minimum atomic E-state index is -0.466. The molecule has 34 heavy (non-hydrogen) atoms. The van der Waals surface area contributed by atoms with Crippen molar-refractivity contribution < 1.29 is 9.18 Å². The van der Waals surface area contributed by atoms with Crippen molar-refractivity contribution >= 4 is 28.2 Å². The predicted molar refractivity (Wildman–Crippen MR) is 130 cm³/mol. The van der Waals surface area contributed by atoms with Gasteiger partial charge in [-0.3, -0.25) is 9.59 Å². The fraction of sp³-hybridized carbons (Fsp3) is 0.200. The van der Waals surface area contributed by atoms with Crippen LogP contribution in [0.15, 0.2) is 65.6 Å². The van der Waals surface area contributed by atoms with Crippen LogP contribution in [-0.4, -0.2) is 54.1 Å². The van der Waals surface area contributed by atoms with Gasteiger partial charge in [-0.05, 0) is 42.5 Å². The second-order valence-corrected chi connectivity index (χ2v) is 8.08. The van der Waals surface area contributed by atoms with Crippen molar-refractivity contribution in [1.29, 1.82) is 0 Å². The summed E-state index contributed by atoms with van der Waals surface area (Å²) in [6.07, 6.45) is 1.73. The van der Waals surface area contributed by atoms with Gasteiger partial charge < -0.3 is 20.1 Å². The number of aromatic nitrogens is 3. The molecule has 1 aliphatic heterocycles. The molecule has 2 aromatic carbocycles. The van der Waals surface area contributed by atoms with Crippen LogP contribution in [0.1, 0.15) is 10.5 Å². The lowest BCUT2D eigenvalue weighted by atomic mass is 10.1. The van der Waals surface area contributed by atoms with E-state index in [-0.39, 0.29) is 16.9 Å². The molecule has 2 aromatic heterocycles. The van der Waals surface area contributed by atoms with Gasteiger partial charge in [0.1, 0.15) is 17.3 Å². The highest BCUT2D eigenvalue weighted by atomic mass is 19.1. The molecule has 0 bridgehead atoms. The fourth-order valence-electron chi connectivity index (χ4n) is 4.16. The van der Waals surface area contributed by atoms with Crippen LogP contribution < -0.4 is 20.7 Å². The molecule has 1 fully saturated rings. The van der Waals surface area contributed by atoms with E-state index in [1.165, 1.54) is 18.2 Å². The molecule has 0 atom stereocenters. The second-order valence-electron chi connectivity index (χ2n) is 8.08. The molecule has 0 unspecified atom stereocenters. The number of H-pyrrole nitrogens is 1. The SMILES string of the molecule is CNC(=O)c1ccc(N2CCN(c3cccc(-c4nc5ccc(F)cc5c(=O)[nH]4)c3)CC2)cn1. The predicted octanol–water partition coefficient (Wildman–Crippen LogP) is 2.81. The summed E-state index contributed by atoms with van der Waals surface area (Å²) in [6.45, 7) is 3.23. The van der Waals surface area contributed by atoms with Crippen LogP contribution in [-0.2, 0) is 0 Å². The molecule has 1 aliphatic rings. The number of halogens is 1. The summed E-state index contributed by atoms with van der Waals surface area (Å²) in [7, 11) is 1.58. The zero-order valence-electron chi connectivity index (χ0n) is 18.6. The number of carbonyl (C=O) groups is 1. The first-order chi connectivity index (χ1) is 16.5. The molecular weight excluding hydrogens is 435 g/mol. The number of anilines is 2. The Balaban J connectivity index is 1.32. The zero-order valence-corrected chi connectivity index (χ0v) is 18.6. The van der Waals surface area contributed by atoms with Gasteiger partial charge in [0.15, 0.2) is 0 Å². The molecule has 172 valence electrons. The molecular formula is C25H23FN6O2. The quantitative estimate of drug-likeness (QED) is 0.489. The van der Waals surface area contributed by atoms with Crippen molar-refractivity contribution in [3.05, 3.63) is 82.7 Å². The topological polar surface area (TPSA) is 94.2 Å². The zero-order chi connectivity index (χ0) is 23.7. The largest absolute Gasteiger partial charge is 0.368 e. The molecule has 1 saturated heterocycles. The van der Waals surface area contributed by atoms with Gasteiger partial charge in [0.2, 0.25) is 0 Å². The van der Waals surface area contributed by atoms with Gasteiger partial charge in [-0.2, -0.15) is 0 Å². The van der Waals surface area contributed by atoms with Crippen molar-refractivity contribution in [2.45, 2.75) is 0 Å². The Morgan fingerprint density at radius 3 is 2.47 bits per heavy atom. The lowest BCUT2D eigenvalue weighted by Gasteiger charge is -2.37. The standard InChI is InChI=1S/C25H23FN6O2/c1-27-25(34)22-8-6-19(15-28-22)32-11-9-31(10-12-32)18-4-2-3-16(13-18)23-29-21-7-5-17(26)14-20(21)24(33)30-23/h2-8,13-15H,9-12H2,1H3,(H,27,34)(H,29,30,33). The average Bonchev–Trinajstić information content (AvgIpc) is 2.89. The Bertz CT molecular complexity index is 1410. The summed E-state index contributed by atoms with van der Waals surface area (Å²) >= 11 is 0. The fourth-order valence-corrected chi connectivity index (χ4v) is 4.16. The number of piperazine rings is 1. The number of aromatic amines is 1. The second kappa shape index (κ2) is 8.93. The number of pyridine rings is 1. The van der Waals surface area contributed by atoms with E-state index in [1.807, 2.05) is 30.3 Å². The number of amides is 1. The van der Waals surface area contributed by atoms with E-state index in [4.69, 9.17) is 0 Å². The van der Waals surface area contributed by atoms with Gasteiger partial charge in [-0.15, -0.1) is 0 Å². The van der Waals surface area contributed by atoms with E-state index in [0.717, 1.165) is 43.1 Å². The summed E-state index contributed by atoms with van der Waals surface area (Å²) in [6, 6.07) is 15.5. The minimum absolute atomic E-state index is 0.203. The summed E-state index contributed by atoms with van der Waals surface area (Å²) in [5, 5.41) is 2.80. The maximum absolute atomic E-state index is 13.5. The van der Waals surface area contributed by atoms with Gasteiger partial charge in [0.05, 0.1) is 22.8 Å². The highest BCUT2D eigenvalue weighted by molar-refractivity contribution is 5.92. The Morgan fingerprint density at radius 2 is 1.76 bits per heavy atom. The molecule has 4 aromatic rings. The Hall–Kier alpha value is -4.27. The van der Waals surface area contributed by atoms with Crippen LogP contribution in [0.2, 0.25) is 0 Å². The number of nitrogens with zero attached hydrogens (tertiary/aromatic N) is 4. The van der Waals surface area contributed by atoms with Crippen LogP contribution in [0.4, 0.5) is 15.8 Å². The Labute approximate surface area is 195 Å². The molecule has 0 saturated carbocycles. The normalized spacial score (nSPS) is 13.8. The molecule has 2 N–H and O–H groups in total. The van der Waals surface area contributed by atoms with Crippen molar-refractivity contribution in [2.24, 2.45) is 0 Å². The van der Waals surface area contributed by atoms with Gasteiger partial charge in [-0.25, -0.2) is 14.4 Å². The first-order valence-electron chi connectivity index (χ1n) is 11.0. The van der Waals surface area contributed by atoms with E-state index in [0.29, 0.717) is 17.0 Å². The minimum Gasteiger partial charge on any atom is -0.368 e. The van der Waals surface area contributed by atoms with Crippen molar-refractivity contribution in [3.8, 4) is 11.4 Å². The number of rotatable bonds is 4. The maximum atomic E-state index is 13.5. The molecule has 9 heteroatoms. The molecule has 0 spiro atoms. The third-order valence-corrected chi connectivity index (χ3v) is 6.00. The van der Waals surface area contributed by atoms with Crippen molar-refractivity contribution in [3.63, 3.8) is 0 Å². The van der Waals surface area contributed by atoms with Crippen LogP contribution in [0.5, 0.6) is 0 Å². The van der Waals surface area contributed by atoms with Crippen molar-refractivity contribution in [1.82, 2.24) is 20.3 Å². The smallest absolute Gasteiger partial charge is 0.269 e. The maximum Gasteiger partial charge on any atom is 0.269 e. The summed E-state index contributed by atoms with van der Waals surface area (Å²) in [5.41, 5.74) is 3.29. The molecule has 1 amide bonds. The number of hydrogen-bond donors (Lipinski definition) is 2. The number of nitrogens with one attached hydrogen (secondary N) is 2. The van der Waals surface area contributed by atoms with E-state index in [1.54, 1.807) is 19.3 Å². The first kappa shape index (κ1) is 21.6. The lowest BCUT2D eigenvalue weighted by molar-refractivity contribution is 0.0958. The van der Waals surface area contributed by atoms with E-state index >= 15 is 0 Å². The molecule has 0 radical (unpaired) electrons. The summed E-state index contributed by atoms with van der Waals surface area (Å²) < 4.78 is 13.5. The van der Waals surface area contributed by atoms with E-state index in [9.17, 15) is 14.0 Å². The highest BCUT2D eigenvalue weighted by Gasteiger charge is 2.19. The van der Waals surface area contributed by atoms with Crippen LogP contribution in [0, 0.1) is 5.82 Å². The third-order valence-electron chi connectivity index (χ3n) is 6.00. The van der Waals surface area contributed by atoms with Gasteiger partial charge in [0.25, 0.3) is 11.5 Å². The van der Waals surface area contributed by atoms with Crippen LogP contribution in [0.25, 0.3) is 22.3 Å². The number of carbonyl (C=O) groups excluding carboxylic acids is 1. The number of fused-ring (bicyclic) bond motifs is 1. The average molecular weight is 458 g/mol. The first-order valence-corrected chi connectivity index (χ1v) is 11.0. The Kier molecular flexibility index (Phi) is 5.67. The molecule has 3 heterocycles. The van der Waals surface area contributed by atoms with Crippen LogP contribution in [0.3, 0.4) is 0 Å². The molecule has 0 aliphatic carbocycles. The number of hydrogen-bond acceptors (Lipinski definition) is 6. The van der Waals surface area contributed by atoms with Crippen LogP contribution >= 0.6 is 0 Å². The van der Waals surface area contributed by atoms with E-state index < -0.39 is 5.82 Å². The third kappa shape index (κ3) is 4.19. The van der Waals surface area contributed by atoms with E-state index in [2.05, 4.69) is 30.1 Å². The summed E-state index contributed by atoms with van der Waals surface area (Å²) in [5.74, 6) is -0.218. The summed E-state index contributed by atoms with van der Waals surface area (Å²) in [4.78, 5) is 40.2. The molecule has 5 rings (SSSR count). The van der Waals surface area contributed by atoms with Gasteiger partial charge in [0, 0.05) is 44.5 Å².